The Kier molecular flexibility index (Phi) is 6.51. The van der Waals surface area contributed by atoms with Crippen molar-refractivity contribution >= 4 is 35.3 Å². The summed E-state index contributed by atoms with van der Waals surface area (Å²) in [5.41, 5.74) is 0. The van der Waals surface area contributed by atoms with Crippen molar-refractivity contribution in [3.8, 4) is 0 Å². The van der Waals surface area contributed by atoms with Gasteiger partial charge in [-0.15, -0.1) is 23.5 Å². The third-order valence-electron chi connectivity index (χ3n) is 4.09. The second kappa shape index (κ2) is 9.45. The molecular formula is C23H20OS3. The summed E-state index contributed by atoms with van der Waals surface area (Å²) in [5.74, 6) is 0. The van der Waals surface area contributed by atoms with E-state index in [1.165, 1.54) is 19.6 Å². The first-order chi connectivity index (χ1) is 13.4. The van der Waals surface area contributed by atoms with E-state index in [0.29, 0.717) is 10.5 Å². The van der Waals surface area contributed by atoms with Gasteiger partial charge in [-0.1, -0.05) is 66.4 Å². The number of thioether (sulfide) groups is 3. The number of hydrogen-bond donors (Lipinski definition) is 0. The molecular weight excluding hydrogens is 388 g/mol. The molecule has 4 heteroatoms. The number of ether oxygens (including phenoxy) is 1. The molecule has 0 amide bonds. The zero-order valence-electron chi connectivity index (χ0n) is 14.7. The second-order valence-electron chi connectivity index (χ2n) is 6.09. The first-order valence-electron chi connectivity index (χ1n) is 8.86. The number of hydrogen-bond acceptors (Lipinski definition) is 4. The van der Waals surface area contributed by atoms with Crippen LogP contribution >= 0.6 is 35.3 Å². The van der Waals surface area contributed by atoms with Crippen molar-refractivity contribution in [2.24, 2.45) is 0 Å². The molecule has 0 aromatic heterocycles. The van der Waals surface area contributed by atoms with E-state index in [-0.39, 0.29) is 0 Å². The van der Waals surface area contributed by atoms with Crippen LogP contribution in [0.4, 0.5) is 0 Å². The molecule has 4 rings (SSSR count). The Labute approximate surface area is 173 Å². The van der Waals surface area contributed by atoms with E-state index >= 15 is 0 Å². The van der Waals surface area contributed by atoms with Crippen molar-refractivity contribution in [3.63, 3.8) is 0 Å². The lowest BCUT2D eigenvalue weighted by Crippen LogP contribution is -2.29. The third kappa shape index (κ3) is 5.16. The van der Waals surface area contributed by atoms with Crippen LogP contribution in [0.1, 0.15) is 0 Å². The fourth-order valence-electron chi connectivity index (χ4n) is 2.82. The van der Waals surface area contributed by atoms with Crippen LogP contribution in [0, 0.1) is 0 Å². The molecule has 0 spiro atoms. The lowest BCUT2D eigenvalue weighted by molar-refractivity contribution is 0.236. The minimum absolute atomic E-state index is 0.344. The van der Waals surface area contributed by atoms with E-state index in [0.717, 1.165) is 6.61 Å². The minimum Gasteiger partial charge on any atom is -0.499 e. The maximum Gasteiger partial charge on any atom is 0.101 e. The molecule has 3 aromatic rings. The van der Waals surface area contributed by atoms with E-state index < -0.39 is 0 Å². The smallest absolute Gasteiger partial charge is 0.101 e. The molecule has 1 aliphatic heterocycles. The molecule has 1 aliphatic rings. The molecule has 0 aliphatic carbocycles. The van der Waals surface area contributed by atoms with Crippen molar-refractivity contribution in [1.82, 2.24) is 0 Å². The summed E-state index contributed by atoms with van der Waals surface area (Å²) < 4.78 is 5.89. The largest absolute Gasteiger partial charge is 0.499 e. The van der Waals surface area contributed by atoms with Crippen LogP contribution < -0.4 is 0 Å². The van der Waals surface area contributed by atoms with Gasteiger partial charge in [-0.05, 0) is 36.4 Å². The average molecular weight is 409 g/mol. The molecule has 1 heterocycles. The quantitative estimate of drug-likeness (QED) is 0.435. The summed E-state index contributed by atoms with van der Waals surface area (Å²) >= 11 is 5.64. The zero-order valence-corrected chi connectivity index (χ0v) is 17.2. The van der Waals surface area contributed by atoms with Crippen LogP contribution in [0.15, 0.2) is 117 Å². The van der Waals surface area contributed by atoms with Crippen LogP contribution in [0.25, 0.3) is 0 Å². The summed E-state index contributed by atoms with van der Waals surface area (Å²) in [7, 11) is 0. The van der Waals surface area contributed by atoms with Gasteiger partial charge >= 0.3 is 0 Å². The Morgan fingerprint density at radius 1 is 0.630 bits per heavy atom. The van der Waals surface area contributed by atoms with Gasteiger partial charge in [0.25, 0.3) is 0 Å². The Hall–Kier alpha value is -1.75. The summed E-state index contributed by atoms with van der Waals surface area (Å²) in [6.07, 6.45) is 1.96. The van der Waals surface area contributed by atoms with E-state index in [1.54, 1.807) is 0 Å². The maximum atomic E-state index is 5.89. The Morgan fingerprint density at radius 2 is 1.15 bits per heavy atom. The summed E-state index contributed by atoms with van der Waals surface area (Å²) in [6, 6.07) is 31.8. The first kappa shape index (κ1) is 18.6. The number of benzene rings is 3. The highest BCUT2D eigenvalue weighted by Gasteiger charge is 2.32. The van der Waals surface area contributed by atoms with E-state index in [1.807, 2.05) is 41.5 Å². The molecule has 0 N–H and O–H groups in total. The fraction of sp³-hybridized carbons (Fsp3) is 0.130. The van der Waals surface area contributed by atoms with Crippen molar-refractivity contribution in [1.29, 1.82) is 0 Å². The monoisotopic (exact) mass is 408 g/mol. The Morgan fingerprint density at radius 3 is 1.74 bits per heavy atom. The molecule has 0 saturated heterocycles. The molecule has 3 aromatic carbocycles. The maximum absolute atomic E-state index is 5.89. The SMILES string of the molecule is C1=C(Sc2ccccc2)[C@H](Sc2ccccc2)[C@@H](Sc2ccccc2)CO1. The molecule has 0 radical (unpaired) electrons. The van der Waals surface area contributed by atoms with E-state index in [2.05, 4.69) is 91.0 Å². The predicted octanol–water partition coefficient (Wildman–Crippen LogP) is 6.97. The molecule has 0 saturated carbocycles. The summed E-state index contributed by atoms with van der Waals surface area (Å²) in [6.45, 7) is 0.725. The van der Waals surface area contributed by atoms with E-state index in [4.69, 9.17) is 4.74 Å². The minimum atomic E-state index is 0.344. The molecule has 2 atom stereocenters. The van der Waals surface area contributed by atoms with Crippen LogP contribution in [-0.4, -0.2) is 17.1 Å². The number of rotatable bonds is 6. The summed E-state index contributed by atoms with van der Waals surface area (Å²) in [4.78, 5) is 5.10. The van der Waals surface area contributed by atoms with Gasteiger partial charge in [0.05, 0.1) is 16.8 Å². The van der Waals surface area contributed by atoms with Gasteiger partial charge in [-0.3, -0.25) is 0 Å². The van der Waals surface area contributed by atoms with Crippen LogP contribution in [0.5, 0.6) is 0 Å². The second-order valence-corrected chi connectivity index (χ2v) is 9.76. The van der Waals surface area contributed by atoms with E-state index in [9.17, 15) is 0 Å². The first-order valence-corrected chi connectivity index (χ1v) is 11.4. The molecule has 136 valence electrons. The highest BCUT2D eigenvalue weighted by Crippen LogP contribution is 2.45. The standard InChI is InChI=1S/C23H20OS3/c1-4-10-18(11-5-1)25-21-16-24-17-22(26-19-12-6-2-7-13-19)23(21)27-20-14-8-3-9-15-20/h1-16,22-23H,17H2/t22-,23-/m0/s1. The Balaban J connectivity index is 1.59. The topological polar surface area (TPSA) is 9.23 Å². The predicted molar refractivity (Wildman–Crippen MR) is 119 cm³/mol. The zero-order chi connectivity index (χ0) is 18.3. The third-order valence-corrected chi connectivity index (χ3v) is 8.15. The van der Waals surface area contributed by atoms with Crippen LogP contribution in [0.3, 0.4) is 0 Å². The summed E-state index contributed by atoms with van der Waals surface area (Å²) in [5, 5.41) is 0.699. The van der Waals surface area contributed by atoms with Gasteiger partial charge in [0.1, 0.15) is 6.61 Å². The molecule has 1 nitrogen and oxygen atoms in total. The van der Waals surface area contributed by atoms with Crippen LogP contribution in [-0.2, 0) is 4.74 Å². The molecule has 0 unspecified atom stereocenters. The van der Waals surface area contributed by atoms with Gasteiger partial charge in [-0.2, -0.15) is 0 Å². The van der Waals surface area contributed by atoms with Crippen molar-refractivity contribution in [2.75, 3.05) is 6.61 Å². The molecule has 0 fully saturated rings. The van der Waals surface area contributed by atoms with Gasteiger partial charge in [-0.25, -0.2) is 0 Å². The lowest BCUT2D eigenvalue weighted by atomic mass is 10.2. The van der Waals surface area contributed by atoms with Gasteiger partial charge < -0.3 is 4.74 Å². The lowest BCUT2D eigenvalue weighted by Gasteiger charge is -2.31. The molecule has 0 bridgehead atoms. The van der Waals surface area contributed by atoms with Crippen LogP contribution in [0.2, 0.25) is 0 Å². The highest BCUT2D eigenvalue weighted by atomic mass is 32.2. The average Bonchev–Trinajstić information content (AvgIpc) is 2.73. The fourth-order valence-corrected chi connectivity index (χ4v) is 6.58. The normalized spacial score (nSPS) is 19.2. The van der Waals surface area contributed by atoms with Crippen molar-refractivity contribution in [2.45, 2.75) is 25.2 Å². The molecule has 27 heavy (non-hydrogen) atoms. The van der Waals surface area contributed by atoms with Crippen molar-refractivity contribution in [3.05, 3.63) is 102 Å². The highest BCUT2D eigenvalue weighted by molar-refractivity contribution is 8.07. The Bertz CT molecular complexity index is 866. The van der Waals surface area contributed by atoms with Gasteiger partial charge in [0.2, 0.25) is 0 Å². The van der Waals surface area contributed by atoms with Crippen molar-refractivity contribution < 1.29 is 4.74 Å². The van der Waals surface area contributed by atoms with Gasteiger partial charge in [0.15, 0.2) is 0 Å². The van der Waals surface area contributed by atoms with Gasteiger partial charge in [0, 0.05) is 19.6 Å².